The van der Waals surface area contributed by atoms with Crippen LogP contribution in [0, 0.1) is 19.8 Å². The van der Waals surface area contributed by atoms with Gasteiger partial charge in [-0.25, -0.2) is 4.79 Å². The van der Waals surface area contributed by atoms with E-state index in [1.807, 2.05) is 32.0 Å². The molecule has 0 aliphatic heterocycles. The molecule has 1 aromatic carbocycles. The molecule has 5 heteroatoms. The Labute approximate surface area is 158 Å². The number of hydrogen-bond donors (Lipinski definition) is 1. The molecule has 0 saturated heterocycles. The summed E-state index contributed by atoms with van der Waals surface area (Å²) in [6, 6.07) is 5.64. The maximum absolute atomic E-state index is 12.7. The van der Waals surface area contributed by atoms with Gasteiger partial charge in [0.2, 0.25) is 0 Å². The molecule has 1 amide bonds. The van der Waals surface area contributed by atoms with Gasteiger partial charge in [-0.2, -0.15) is 0 Å². The van der Waals surface area contributed by atoms with Crippen molar-refractivity contribution in [1.82, 2.24) is 0 Å². The molecule has 1 aliphatic carbocycles. The second kappa shape index (κ2) is 7.62. The summed E-state index contributed by atoms with van der Waals surface area (Å²) in [6.45, 7) is 8.35. The van der Waals surface area contributed by atoms with Crippen molar-refractivity contribution in [3.8, 4) is 0 Å². The lowest BCUT2D eigenvalue weighted by Gasteiger charge is -2.18. The highest BCUT2D eigenvalue weighted by atomic mass is 32.1. The highest BCUT2D eigenvalue weighted by Gasteiger charge is 2.29. The normalized spacial score (nSPS) is 16.1. The van der Waals surface area contributed by atoms with E-state index in [1.54, 1.807) is 6.92 Å². The van der Waals surface area contributed by atoms with E-state index in [-0.39, 0.29) is 11.9 Å². The molecule has 0 fully saturated rings. The van der Waals surface area contributed by atoms with E-state index in [0.29, 0.717) is 28.7 Å². The molecule has 3 rings (SSSR count). The second-order valence-electron chi connectivity index (χ2n) is 7.03. The number of rotatable bonds is 4. The molecule has 4 nitrogen and oxygen atoms in total. The number of anilines is 1. The first-order valence-corrected chi connectivity index (χ1v) is 9.92. The molecular formula is C21H25NO3S. The van der Waals surface area contributed by atoms with Crippen molar-refractivity contribution in [2.24, 2.45) is 5.92 Å². The molecule has 1 heterocycles. The Hall–Kier alpha value is -2.14. The zero-order valence-electron chi connectivity index (χ0n) is 15.8. The summed E-state index contributed by atoms with van der Waals surface area (Å²) in [6.07, 6.45) is 2.87. The molecule has 0 bridgehead atoms. The van der Waals surface area contributed by atoms with Gasteiger partial charge < -0.3 is 10.1 Å². The maximum atomic E-state index is 12.7. The Morgan fingerprint density at radius 3 is 2.73 bits per heavy atom. The SMILES string of the molecule is CCOC(=O)c1c(NC(=O)c2ccc(C)c(C)c2)sc2c1CC[C@@H](C)C2. The van der Waals surface area contributed by atoms with Crippen LogP contribution in [0.3, 0.4) is 0 Å². The molecule has 0 spiro atoms. The lowest BCUT2D eigenvalue weighted by Crippen LogP contribution is -2.16. The summed E-state index contributed by atoms with van der Waals surface area (Å²) < 4.78 is 5.26. The molecule has 138 valence electrons. The number of aryl methyl sites for hydroxylation is 2. The Bertz CT molecular complexity index is 853. The van der Waals surface area contributed by atoms with Gasteiger partial charge in [0.05, 0.1) is 12.2 Å². The second-order valence-corrected chi connectivity index (χ2v) is 8.13. The van der Waals surface area contributed by atoms with Gasteiger partial charge in [-0.3, -0.25) is 4.79 Å². The Morgan fingerprint density at radius 1 is 1.27 bits per heavy atom. The lowest BCUT2D eigenvalue weighted by atomic mass is 9.88. The number of carbonyl (C=O) groups is 2. The van der Waals surface area contributed by atoms with Crippen LogP contribution in [0.2, 0.25) is 0 Å². The van der Waals surface area contributed by atoms with E-state index < -0.39 is 0 Å². The Morgan fingerprint density at radius 2 is 2.04 bits per heavy atom. The molecule has 0 unspecified atom stereocenters. The molecule has 1 aromatic heterocycles. The number of ether oxygens (including phenoxy) is 1. The molecular weight excluding hydrogens is 346 g/mol. The van der Waals surface area contributed by atoms with Gasteiger partial charge in [0, 0.05) is 10.4 Å². The molecule has 1 N–H and O–H groups in total. The van der Waals surface area contributed by atoms with Crippen LogP contribution in [-0.4, -0.2) is 18.5 Å². The van der Waals surface area contributed by atoms with Gasteiger partial charge in [0.25, 0.3) is 5.91 Å². The van der Waals surface area contributed by atoms with E-state index in [1.165, 1.54) is 16.2 Å². The topological polar surface area (TPSA) is 55.4 Å². The van der Waals surface area contributed by atoms with Crippen LogP contribution in [0.4, 0.5) is 5.00 Å². The number of carbonyl (C=O) groups excluding carboxylic acids is 2. The van der Waals surface area contributed by atoms with Crippen molar-refractivity contribution < 1.29 is 14.3 Å². The van der Waals surface area contributed by atoms with Crippen molar-refractivity contribution >= 4 is 28.2 Å². The predicted molar refractivity (Wildman–Crippen MR) is 105 cm³/mol. The molecule has 0 radical (unpaired) electrons. The van der Waals surface area contributed by atoms with E-state index in [4.69, 9.17) is 4.74 Å². The minimum absolute atomic E-state index is 0.190. The van der Waals surface area contributed by atoms with Crippen molar-refractivity contribution in [1.29, 1.82) is 0 Å². The number of fused-ring (bicyclic) bond motifs is 1. The van der Waals surface area contributed by atoms with Gasteiger partial charge in [0.1, 0.15) is 5.00 Å². The third kappa shape index (κ3) is 3.68. The largest absolute Gasteiger partial charge is 0.462 e. The van der Waals surface area contributed by atoms with E-state index in [2.05, 4.69) is 12.2 Å². The monoisotopic (exact) mass is 371 g/mol. The van der Waals surface area contributed by atoms with Gasteiger partial charge in [0.15, 0.2) is 0 Å². The van der Waals surface area contributed by atoms with Crippen LogP contribution in [0.15, 0.2) is 18.2 Å². The molecule has 0 saturated carbocycles. The third-order valence-corrected chi connectivity index (χ3v) is 6.16. The Kier molecular flexibility index (Phi) is 5.47. The number of thiophene rings is 1. The number of nitrogens with one attached hydrogen (secondary N) is 1. The first-order valence-electron chi connectivity index (χ1n) is 9.11. The quantitative estimate of drug-likeness (QED) is 0.776. The van der Waals surface area contributed by atoms with Gasteiger partial charge >= 0.3 is 5.97 Å². The zero-order chi connectivity index (χ0) is 18.8. The minimum Gasteiger partial charge on any atom is -0.462 e. The van der Waals surface area contributed by atoms with E-state index >= 15 is 0 Å². The maximum Gasteiger partial charge on any atom is 0.341 e. The summed E-state index contributed by atoms with van der Waals surface area (Å²) in [5.41, 5.74) is 4.43. The fourth-order valence-electron chi connectivity index (χ4n) is 3.32. The Balaban J connectivity index is 1.94. The molecule has 1 atom stereocenters. The molecule has 26 heavy (non-hydrogen) atoms. The summed E-state index contributed by atoms with van der Waals surface area (Å²) in [5, 5.41) is 3.58. The average Bonchev–Trinajstić information content (AvgIpc) is 2.94. The van der Waals surface area contributed by atoms with Crippen LogP contribution in [0.1, 0.15) is 62.6 Å². The standard InChI is InChI=1S/C21H25NO3S/c1-5-25-21(24)18-16-9-6-12(2)10-17(16)26-20(18)22-19(23)15-8-7-13(3)14(4)11-15/h7-8,11-12H,5-6,9-10H2,1-4H3,(H,22,23)/t12-/m1/s1. The van der Waals surface area contributed by atoms with Crippen LogP contribution >= 0.6 is 11.3 Å². The number of esters is 1. The van der Waals surface area contributed by atoms with Crippen LogP contribution in [0.5, 0.6) is 0 Å². The van der Waals surface area contributed by atoms with E-state index in [9.17, 15) is 9.59 Å². The average molecular weight is 372 g/mol. The van der Waals surface area contributed by atoms with Crippen molar-refractivity contribution in [3.05, 3.63) is 50.9 Å². The molecule has 2 aromatic rings. The fraction of sp³-hybridized carbons (Fsp3) is 0.429. The summed E-state index contributed by atoms with van der Waals surface area (Å²) in [5.74, 6) is 0.0692. The summed E-state index contributed by atoms with van der Waals surface area (Å²) >= 11 is 1.52. The first-order chi connectivity index (χ1) is 12.4. The third-order valence-electron chi connectivity index (χ3n) is 4.99. The van der Waals surface area contributed by atoms with Crippen molar-refractivity contribution in [2.75, 3.05) is 11.9 Å². The lowest BCUT2D eigenvalue weighted by molar-refractivity contribution is 0.0526. The van der Waals surface area contributed by atoms with Gasteiger partial charge in [-0.05, 0) is 74.8 Å². The fourth-order valence-corrected chi connectivity index (χ4v) is 4.71. The van der Waals surface area contributed by atoms with Crippen LogP contribution < -0.4 is 5.32 Å². The minimum atomic E-state index is -0.338. The van der Waals surface area contributed by atoms with Gasteiger partial charge in [-0.1, -0.05) is 13.0 Å². The number of benzene rings is 1. The number of amides is 1. The highest BCUT2D eigenvalue weighted by molar-refractivity contribution is 7.17. The van der Waals surface area contributed by atoms with E-state index in [0.717, 1.165) is 36.0 Å². The van der Waals surface area contributed by atoms with Crippen LogP contribution in [0.25, 0.3) is 0 Å². The first kappa shape index (κ1) is 18.6. The highest BCUT2D eigenvalue weighted by Crippen LogP contribution is 2.40. The van der Waals surface area contributed by atoms with Gasteiger partial charge in [-0.15, -0.1) is 11.3 Å². The van der Waals surface area contributed by atoms with Crippen molar-refractivity contribution in [2.45, 2.75) is 47.0 Å². The van der Waals surface area contributed by atoms with Crippen molar-refractivity contribution in [3.63, 3.8) is 0 Å². The zero-order valence-corrected chi connectivity index (χ0v) is 16.6. The predicted octanol–water partition coefficient (Wildman–Crippen LogP) is 4.92. The summed E-state index contributed by atoms with van der Waals surface area (Å²) in [7, 11) is 0. The number of hydrogen-bond acceptors (Lipinski definition) is 4. The summed E-state index contributed by atoms with van der Waals surface area (Å²) in [4.78, 5) is 26.5. The smallest absolute Gasteiger partial charge is 0.341 e. The molecule has 1 aliphatic rings. The van der Waals surface area contributed by atoms with Crippen LogP contribution in [-0.2, 0) is 17.6 Å².